The predicted molar refractivity (Wildman–Crippen MR) is 47.6 cm³/mol. The van der Waals surface area contributed by atoms with Gasteiger partial charge in [-0.2, -0.15) is 0 Å². The molecule has 70 valence electrons. The lowest BCUT2D eigenvalue weighted by Crippen LogP contribution is -2.31. The first-order valence-electron chi connectivity index (χ1n) is 4.34. The van der Waals surface area contributed by atoms with E-state index in [4.69, 9.17) is 10.5 Å². The predicted octanol–water partition coefficient (Wildman–Crippen LogP) is 1.74. The van der Waals surface area contributed by atoms with Crippen molar-refractivity contribution in [1.82, 2.24) is 0 Å². The van der Waals surface area contributed by atoms with Gasteiger partial charge >= 0.3 is 0 Å². The van der Waals surface area contributed by atoms with Crippen molar-refractivity contribution < 1.29 is 9.13 Å². The van der Waals surface area contributed by atoms with Gasteiger partial charge in [0, 0.05) is 0 Å². The van der Waals surface area contributed by atoms with Crippen LogP contribution in [-0.4, -0.2) is 6.10 Å². The lowest BCUT2D eigenvalue weighted by molar-refractivity contribution is 0.0212. The molecule has 1 heterocycles. The molecule has 1 unspecified atom stereocenters. The molecular formula is C10H12FNO. The van der Waals surface area contributed by atoms with Gasteiger partial charge in [-0.05, 0) is 30.2 Å². The molecule has 1 aromatic rings. The van der Waals surface area contributed by atoms with Crippen LogP contribution in [0.3, 0.4) is 0 Å². The van der Waals surface area contributed by atoms with Crippen LogP contribution in [0.15, 0.2) is 18.2 Å². The van der Waals surface area contributed by atoms with Crippen molar-refractivity contribution in [3.63, 3.8) is 0 Å². The van der Waals surface area contributed by atoms with Gasteiger partial charge in [0.05, 0.1) is 18.8 Å². The van der Waals surface area contributed by atoms with Crippen LogP contribution in [0.5, 0.6) is 0 Å². The summed E-state index contributed by atoms with van der Waals surface area (Å²) in [7, 11) is 0. The second-order valence-corrected chi connectivity index (χ2v) is 3.39. The monoisotopic (exact) mass is 181 g/mol. The molecule has 0 aliphatic carbocycles. The summed E-state index contributed by atoms with van der Waals surface area (Å²) in [6, 6.07) is 4.46. The smallest absolute Gasteiger partial charge is 0.123 e. The van der Waals surface area contributed by atoms with Gasteiger partial charge < -0.3 is 10.5 Å². The molecule has 0 saturated heterocycles. The molecule has 0 aromatic heterocycles. The summed E-state index contributed by atoms with van der Waals surface area (Å²) in [4.78, 5) is 0. The molecule has 2 rings (SSSR count). The molecule has 2 nitrogen and oxygen atoms in total. The highest BCUT2D eigenvalue weighted by Gasteiger charge is 2.23. The number of rotatable bonds is 0. The molecule has 13 heavy (non-hydrogen) atoms. The third-order valence-electron chi connectivity index (χ3n) is 2.47. The van der Waals surface area contributed by atoms with Crippen molar-refractivity contribution in [2.75, 3.05) is 0 Å². The highest BCUT2D eigenvalue weighted by Crippen LogP contribution is 2.27. The van der Waals surface area contributed by atoms with E-state index in [0.29, 0.717) is 6.61 Å². The summed E-state index contributed by atoms with van der Waals surface area (Å²) >= 11 is 0. The normalized spacial score (nSPS) is 27.0. The average molecular weight is 181 g/mol. The fourth-order valence-corrected chi connectivity index (χ4v) is 1.59. The molecular weight excluding hydrogens is 169 g/mol. The first-order chi connectivity index (χ1) is 6.18. The minimum atomic E-state index is -0.233. The molecule has 1 aromatic carbocycles. The number of fused-ring (bicyclic) bond motifs is 1. The van der Waals surface area contributed by atoms with Crippen molar-refractivity contribution in [3.05, 3.63) is 35.1 Å². The van der Waals surface area contributed by atoms with Crippen LogP contribution < -0.4 is 5.73 Å². The van der Waals surface area contributed by atoms with Crippen molar-refractivity contribution in [2.45, 2.75) is 25.7 Å². The maximum absolute atomic E-state index is 12.9. The van der Waals surface area contributed by atoms with E-state index in [-0.39, 0.29) is 18.0 Å². The van der Waals surface area contributed by atoms with E-state index < -0.39 is 0 Å². The van der Waals surface area contributed by atoms with Gasteiger partial charge in [-0.3, -0.25) is 0 Å². The second kappa shape index (κ2) is 3.09. The highest BCUT2D eigenvalue weighted by atomic mass is 19.1. The fraction of sp³-hybridized carbons (Fsp3) is 0.400. The molecule has 2 N–H and O–H groups in total. The Balaban J connectivity index is 2.45. The van der Waals surface area contributed by atoms with Gasteiger partial charge in [0.1, 0.15) is 5.82 Å². The maximum atomic E-state index is 12.9. The first kappa shape index (κ1) is 8.66. The van der Waals surface area contributed by atoms with E-state index in [1.165, 1.54) is 12.1 Å². The Morgan fingerprint density at radius 1 is 1.54 bits per heavy atom. The van der Waals surface area contributed by atoms with Gasteiger partial charge in [0.25, 0.3) is 0 Å². The molecule has 0 spiro atoms. The molecule has 0 radical (unpaired) electrons. The zero-order chi connectivity index (χ0) is 9.42. The van der Waals surface area contributed by atoms with E-state index in [1.807, 2.05) is 6.92 Å². The summed E-state index contributed by atoms with van der Waals surface area (Å²) in [5.41, 5.74) is 7.73. The minimum Gasteiger partial charge on any atom is -0.372 e. The standard InChI is InChI=1S/C10H12FNO/c1-6-10(12)9-4-8(11)3-2-7(9)5-13-6/h2-4,6,10H,5,12H2,1H3/t6-,10?/m0/s1. The Kier molecular flexibility index (Phi) is 2.06. The average Bonchev–Trinajstić information content (AvgIpc) is 2.12. The topological polar surface area (TPSA) is 35.2 Å². The number of hydrogen-bond acceptors (Lipinski definition) is 2. The number of ether oxygens (including phenoxy) is 1. The van der Waals surface area contributed by atoms with Gasteiger partial charge in [-0.25, -0.2) is 4.39 Å². The third kappa shape index (κ3) is 1.45. The zero-order valence-corrected chi connectivity index (χ0v) is 7.46. The van der Waals surface area contributed by atoms with E-state index in [2.05, 4.69) is 0 Å². The summed E-state index contributed by atoms with van der Waals surface area (Å²) in [5.74, 6) is -0.233. The Labute approximate surface area is 76.5 Å². The molecule has 0 amide bonds. The summed E-state index contributed by atoms with van der Waals surface area (Å²) in [6.45, 7) is 2.43. The summed E-state index contributed by atoms with van der Waals surface area (Å²) in [6.07, 6.45) is -0.0331. The van der Waals surface area contributed by atoms with E-state index in [9.17, 15) is 4.39 Å². The van der Waals surface area contributed by atoms with Crippen LogP contribution in [-0.2, 0) is 11.3 Å². The number of hydrogen-bond donors (Lipinski definition) is 1. The molecule has 0 fully saturated rings. The fourth-order valence-electron chi connectivity index (χ4n) is 1.59. The Bertz CT molecular complexity index is 327. The van der Waals surface area contributed by atoms with E-state index in [0.717, 1.165) is 11.1 Å². The van der Waals surface area contributed by atoms with E-state index in [1.54, 1.807) is 6.07 Å². The van der Waals surface area contributed by atoms with Crippen molar-refractivity contribution in [2.24, 2.45) is 5.73 Å². The number of nitrogens with two attached hydrogens (primary N) is 1. The molecule has 0 bridgehead atoms. The zero-order valence-electron chi connectivity index (χ0n) is 7.46. The lowest BCUT2D eigenvalue weighted by atomic mass is 9.95. The van der Waals surface area contributed by atoms with Crippen LogP contribution in [0.2, 0.25) is 0 Å². The molecule has 3 heteroatoms. The quantitative estimate of drug-likeness (QED) is 0.661. The number of benzene rings is 1. The minimum absolute atomic E-state index is 0.0331. The van der Waals surface area contributed by atoms with Crippen molar-refractivity contribution in [3.8, 4) is 0 Å². The number of halogens is 1. The third-order valence-corrected chi connectivity index (χ3v) is 2.47. The first-order valence-corrected chi connectivity index (χ1v) is 4.34. The van der Waals surface area contributed by atoms with Crippen molar-refractivity contribution >= 4 is 0 Å². The van der Waals surface area contributed by atoms with Crippen LogP contribution >= 0.6 is 0 Å². The molecule has 2 atom stereocenters. The van der Waals surface area contributed by atoms with Gasteiger partial charge in [0.2, 0.25) is 0 Å². The van der Waals surface area contributed by atoms with Crippen molar-refractivity contribution in [1.29, 1.82) is 0 Å². The Morgan fingerprint density at radius 3 is 3.08 bits per heavy atom. The van der Waals surface area contributed by atoms with Gasteiger partial charge in [0.15, 0.2) is 0 Å². The molecule has 1 aliphatic heterocycles. The lowest BCUT2D eigenvalue weighted by Gasteiger charge is -2.28. The summed E-state index contributed by atoms with van der Waals surface area (Å²) in [5, 5.41) is 0. The van der Waals surface area contributed by atoms with Crippen LogP contribution in [0.25, 0.3) is 0 Å². The Morgan fingerprint density at radius 2 is 2.31 bits per heavy atom. The van der Waals surface area contributed by atoms with E-state index >= 15 is 0 Å². The molecule has 1 aliphatic rings. The van der Waals surface area contributed by atoms with Gasteiger partial charge in [-0.1, -0.05) is 6.07 Å². The van der Waals surface area contributed by atoms with Crippen LogP contribution in [0, 0.1) is 5.82 Å². The molecule has 0 saturated carbocycles. The van der Waals surface area contributed by atoms with Gasteiger partial charge in [-0.15, -0.1) is 0 Å². The second-order valence-electron chi connectivity index (χ2n) is 3.39. The SMILES string of the molecule is C[C@@H]1OCc2ccc(F)cc2C1N. The summed E-state index contributed by atoms with van der Waals surface area (Å²) < 4.78 is 18.3. The highest BCUT2D eigenvalue weighted by molar-refractivity contribution is 5.32. The Hall–Kier alpha value is -0.930. The maximum Gasteiger partial charge on any atom is 0.123 e. The largest absolute Gasteiger partial charge is 0.372 e. The van der Waals surface area contributed by atoms with Crippen LogP contribution in [0.1, 0.15) is 24.1 Å². The van der Waals surface area contributed by atoms with Crippen LogP contribution in [0.4, 0.5) is 4.39 Å².